The van der Waals surface area contributed by atoms with Crippen LogP contribution in [-0.2, 0) is 6.42 Å². The van der Waals surface area contributed by atoms with Crippen molar-refractivity contribution in [1.29, 1.82) is 0 Å². The van der Waals surface area contributed by atoms with E-state index in [4.69, 9.17) is 5.73 Å². The lowest BCUT2D eigenvalue weighted by Crippen LogP contribution is -2.18. The van der Waals surface area contributed by atoms with Crippen LogP contribution >= 0.6 is 15.9 Å². The van der Waals surface area contributed by atoms with E-state index in [0.29, 0.717) is 0 Å². The summed E-state index contributed by atoms with van der Waals surface area (Å²) in [5.41, 5.74) is 9.64. The summed E-state index contributed by atoms with van der Waals surface area (Å²) in [6, 6.07) is 20.1. The molecule has 1 heterocycles. The van der Waals surface area contributed by atoms with Crippen LogP contribution < -0.4 is 5.73 Å². The highest BCUT2D eigenvalue weighted by molar-refractivity contribution is 9.10. The Morgan fingerprint density at radius 2 is 1.71 bits per heavy atom. The molecule has 2 N–H and O–H groups in total. The van der Waals surface area contributed by atoms with Crippen molar-refractivity contribution in [2.45, 2.75) is 12.5 Å². The number of hydrogen-bond donors (Lipinski definition) is 1. The van der Waals surface area contributed by atoms with Crippen molar-refractivity contribution < 1.29 is 0 Å². The summed E-state index contributed by atoms with van der Waals surface area (Å²) in [4.78, 5) is 0. The molecule has 21 heavy (non-hydrogen) atoms. The zero-order chi connectivity index (χ0) is 14.7. The van der Waals surface area contributed by atoms with E-state index < -0.39 is 0 Å². The fourth-order valence-electron chi connectivity index (χ4n) is 2.38. The average molecular weight is 342 g/mol. The molecular formula is C17H16BrN3. The lowest BCUT2D eigenvalue weighted by molar-refractivity contribution is 0.653. The van der Waals surface area contributed by atoms with Gasteiger partial charge in [-0.2, -0.15) is 5.10 Å². The predicted molar refractivity (Wildman–Crippen MR) is 88.3 cm³/mol. The maximum atomic E-state index is 6.40. The van der Waals surface area contributed by atoms with Gasteiger partial charge in [0, 0.05) is 10.7 Å². The maximum absolute atomic E-state index is 6.40. The smallest absolute Gasteiger partial charge is 0.0649 e. The van der Waals surface area contributed by atoms with Crippen LogP contribution in [0.1, 0.15) is 17.3 Å². The molecule has 0 aliphatic heterocycles. The number of nitrogens with zero attached hydrogens (tertiary/aromatic N) is 2. The molecule has 1 aromatic heterocycles. The predicted octanol–water partition coefficient (Wildman–Crippen LogP) is 3.88. The molecule has 0 bridgehead atoms. The summed E-state index contributed by atoms with van der Waals surface area (Å²) in [5, 5.41) is 4.40. The highest BCUT2D eigenvalue weighted by atomic mass is 79.9. The first kappa shape index (κ1) is 14.0. The molecular weight excluding hydrogens is 326 g/mol. The fourth-order valence-corrected chi connectivity index (χ4v) is 2.83. The van der Waals surface area contributed by atoms with E-state index in [1.165, 1.54) is 5.56 Å². The maximum Gasteiger partial charge on any atom is 0.0649 e. The van der Waals surface area contributed by atoms with E-state index in [2.05, 4.69) is 27.1 Å². The Labute approximate surface area is 132 Å². The third-order valence-electron chi connectivity index (χ3n) is 3.45. The van der Waals surface area contributed by atoms with Crippen molar-refractivity contribution in [2.75, 3.05) is 0 Å². The molecule has 1 atom stereocenters. The van der Waals surface area contributed by atoms with Crippen LogP contribution in [0.3, 0.4) is 0 Å². The summed E-state index contributed by atoms with van der Waals surface area (Å²) in [7, 11) is 0. The molecule has 0 radical (unpaired) electrons. The molecule has 0 fully saturated rings. The summed E-state index contributed by atoms with van der Waals surface area (Å²) in [6.45, 7) is 0. The van der Waals surface area contributed by atoms with Crippen molar-refractivity contribution in [3.05, 3.63) is 82.6 Å². The average Bonchev–Trinajstić information content (AvgIpc) is 3.00. The van der Waals surface area contributed by atoms with Crippen LogP contribution in [0.4, 0.5) is 0 Å². The number of hydrogen-bond acceptors (Lipinski definition) is 2. The van der Waals surface area contributed by atoms with Crippen LogP contribution in [0, 0.1) is 0 Å². The molecule has 0 aliphatic carbocycles. The minimum absolute atomic E-state index is 0.105. The van der Waals surface area contributed by atoms with Crippen molar-refractivity contribution in [3.8, 4) is 5.69 Å². The summed E-state index contributed by atoms with van der Waals surface area (Å²) in [6.07, 6.45) is 2.56. The molecule has 4 heteroatoms. The first-order valence-electron chi connectivity index (χ1n) is 6.84. The zero-order valence-electron chi connectivity index (χ0n) is 11.5. The number of rotatable bonds is 4. The van der Waals surface area contributed by atoms with E-state index in [9.17, 15) is 0 Å². The summed E-state index contributed by atoms with van der Waals surface area (Å²) in [5.74, 6) is 0. The molecule has 2 aromatic carbocycles. The van der Waals surface area contributed by atoms with Crippen molar-refractivity contribution in [2.24, 2.45) is 5.73 Å². The Morgan fingerprint density at radius 3 is 2.48 bits per heavy atom. The van der Waals surface area contributed by atoms with Gasteiger partial charge in [0.2, 0.25) is 0 Å². The molecule has 3 aromatic rings. The van der Waals surface area contributed by atoms with Gasteiger partial charge < -0.3 is 5.73 Å². The summed E-state index contributed by atoms with van der Waals surface area (Å²) >= 11 is 3.57. The minimum atomic E-state index is -0.105. The Morgan fingerprint density at radius 1 is 1.00 bits per heavy atom. The lowest BCUT2D eigenvalue weighted by atomic mass is 10.0. The van der Waals surface area contributed by atoms with Crippen LogP contribution in [0.5, 0.6) is 0 Å². The van der Waals surface area contributed by atoms with Crippen LogP contribution in [0.2, 0.25) is 0 Å². The highest BCUT2D eigenvalue weighted by Gasteiger charge is 2.14. The van der Waals surface area contributed by atoms with Gasteiger partial charge in [0.25, 0.3) is 0 Å². The first-order chi connectivity index (χ1) is 10.3. The highest BCUT2D eigenvalue weighted by Crippen LogP contribution is 2.23. The number of aromatic nitrogens is 2. The molecule has 0 aliphatic rings. The van der Waals surface area contributed by atoms with E-state index in [-0.39, 0.29) is 6.04 Å². The zero-order valence-corrected chi connectivity index (χ0v) is 13.1. The second-order valence-electron chi connectivity index (χ2n) is 4.91. The molecule has 3 rings (SSSR count). The van der Waals surface area contributed by atoms with Crippen molar-refractivity contribution in [1.82, 2.24) is 9.78 Å². The molecule has 0 saturated heterocycles. The van der Waals surface area contributed by atoms with E-state index in [1.54, 1.807) is 6.20 Å². The van der Waals surface area contributed by atoms with Crippen molar-refractivity contribution in [3.63, 3.8) is 0 Å². The fraction of sp³-hybridized carbons (Fsp3) is 0.118. The third kappa shape index (κ3) is 3.06. The monoisotopic (exact) mass is 341 g/mol. The van der Waals surface area contributed by atoms with Gasteiger partial charge in [-0.15, -0.1) is 0 Å². The quantitative estimate of drug-likeness (QED) is 0.782. The second-order valence-corrected chi connectivity index (χ2v) is 5.76. The standard InChI is InChI=1S/C17H16BrN3/c18-15-9-5-4-6-13(15)12-16(19)17-10-11-20-21(17)14-7-2-1-3-8-14/h1-11,16H,12,19H2. The Hall–Kier alpha value is -1.91. The third-order valence-corrected chi connectivity index (χ3v) is 4.22. The van der Waals surface area contributed by atoms with Crippen LogP contribution in [0.25, 0.3) is 5.69 Å². The SMILES string of the molecule is NC(Cc1ccccc1Br)c1ccnn1-c1ccccc1. The lowest BCUT2D eigenvalue weighted by Gasteiger charge is -2.15. The largest absolute Gasteiger partial charge is 0.322 e. The molecule has 1 unspecified atom stereocenters. The molecule has 0 spiro atoms. The minimum Gasteiger partial charge on any atom is -0.322 e. The van der Waals surface area contributed by atoms with Gasteiger partial charge in [-0.1, -0.05) is 52.3 Å². The Bertz CT molecular complexity index is 722. The van der Waals surface area contributed by atoms with Gasteiger partial charge in [-0.25, -0.2) is 4.68 Å². The van der Waals surface area contributed by atoms with Crippen molar-refractivity contribution >= 4 is 15.9 Å². The summed E-state index contributed by atoms with van der Waals surface area (Å²) < 4.78 is 2.99. The number of para-hydroxylation sites is 1. The second kappa shape index (κ2) is 6.24. The first-order valence-corrected chi connectivity index (χ1v) is 7.63. The number of halogens is 1. The van der Waals surface area contributed by atoms with Gasteiger partial charge in [0.15, 0.2) is 0 Å². The normalized spacial score (nSPS) is 12.3. The number of nitrogens with two attached hydrogens (primary N) is 1. The molecule has 0 saturated carbocycles. The van der Waals surface area contributed by atoms with E-state index >= 15 is 0 Å². The Kier molecular flexibility index (Phi) is 4.18. The number of benzene rings is 2. The van der Waals surface area contributed by atoms with Crippen LogP contribution in [-0.4, -0.2) is 9.78 Å². The molecule has 106 valence electrons. The van der Waals surface area contributed by atoms with Gasteiger partial charge in [-0.05, 0) is 36.2 Å². The Balaban J connectivity index is 1.88. The van der Waals surface area contributed by atoms with Gasteiger partial charge in [-0.3, -0.25) is 0 Å². The topological polar surface area (TPSA) is 43.8 Å². The molecule has 3 nitrogen and oxygen atoms in total. The van der Waals surface area contributed by atoms with E-state index in [1.807, 2.05) is 59.3 Å². The molecule has 0 amide bonds. The van der Waals surface area contributed by atoms with Gasteiger partial charge in [0.1, 0.15) is 0 Å². The van der Waals surface area contributed by atoms with Crippen LogP contribution in [0.15, 0.2) is 71.3 Å². The van der Waals surface area contributed by atoms with Gasteiger partial charge >= 0.3 is 0 Å². The van der Waals surface area contributed by atoms with Gasteiger partial charge in [0.05, 0.1) is 17.4 Å². The van der Waals surface area contributed by atoms with E-state index in [0.717, 1.165) is 22.3 Å².